The van der Waals surface area contributed by atoms with Gasteiger partial charge in [0.25, 0.3) is 0 Å². The van der Waals surface area contributed by atoms with Gasteiger partial charge in [-0.1, -0.05) is 32.0 Å². The highest BCUT2D eigenvalue weighted by Gasteiger charge is 2.40. The van der Waals surface area contributed by atoms with Crippen molar-refractivity contribution in [2.75, 3.05) is 25.4 Å². The quantitative estimate of drug-likeness (QED) is 0.411. The van der Waals surface area contributed by atoms with Crippen LogP contribution in [0.2, 0.25) is 0 Å². The first-order valence-corrected chi connectivity index (χ1v) is 9.92. The number of nitrogens with zero attached hydrogens (tertiary/aromatic N) is 1. The molecule has 0 radical (unpaired) electrons. The number of aliphatic carboxylic acids is 3. The van der Waals surface area contributed by atoms with Gasteiger partial charge >= 0.3 is 17.9 Å². The van der Waals surface area contributed by atoms with Gasteiger partial charge in [-0.25, -0.2) is 4.79 Å². The highest BCUT2D eigenvalue weighted by molar-refractivity contribution is 7.85. The highest BCUT2D eigenvalue weighted by Crippen LogP contribution is 2.15. The number of carbonyl (C=O) groups is 3. The maximum Gasteiger partial charge on any atom is 0.336 e. The van der Waals surface area contributed by atoms with E-state index in [0.29, 0.717) is 0 Å². The van der Waals surface area contributed by atoms with E-state index in [1.54, 1.807) is 0 Å². The number of benzene rings is 1. The lowest BCUT2D eigenvalue weighted by atomic mass is 9.96. The van der Waals surface area contributed by atoms with Crippen molar-refractivity contribution in [3.8, 4) is 0 Å². The van der Waals surface area contributed by atoms with Crippen molar-refractivity contribution in [2.45, 2.75) is 37.2 Å². The van der Waals surface area contributed by atoms with Gasteiger partial charge in [0.15, 0.2) is 5.60 Å². The van der Waals surface area contributed by atoms with E-state index < -0.39 is 47.2 Å². The van der Waals surface area contributed by atoms with Crippen molar-refractivity contribution in [3.05, 3.63) is 30.3 Å². The number of carboxylic acids is 3. The van der Waals surface area contributed by atoms with Crippen LogP contribution in [0.25, 0.3) is 0 Å². The van der Waals surface area contributed by atoms with E-state index in [2.05, 4.69) is 18.7 Å². The van der Waals surface area contributed by atoms with Gasteiger partial charge in [-0.3, -0.25) is 13.8 Å². The summed E-state index contributed by atoms with van der Waals surface area (Å²) in [5.41, 5.74) is -2.74. The van der Waals surface area contributed by atoms with Crippen LogP contribution in [0.3, 0.4) is 0 Å². The van der Waals surface area contributed by atoms with Gasteiger partial charge in [0.2, 0.25) is 0 Å². The maximum atomic E-state index is 11.9. The summed E-state index contributed by atoms with van der Waals surface area (Å²) in [7, 11) is -0.849. The van der Waals surface area contributed by atoms with Crippen LogP contribution in [-0.2, 0) is 25.2 Å². The summed E-state index contributed by atoms with van der Waals surface area (Å²) in [5.74, 6) is -4.29. The van der Waals surface area contributed by atoms with Crippen LogP contribution in [-0.4, -0.2) is 78.4 Å². The minimum Gasteiger partial charge on any atom is -0.481 e. The predicted molar refractivity (Wildman–Crippen MR) is 103 cm³/mol. The molecule has 0 saturated heterocycles. The molecule has 1 atom stereocenters. The average Bonchev–Trinajstić information content (AvgIpc) is 2.62. The molecular formula is C18H27NO8S. The van der Waals surface area contributed by atoms with Gasteiger partial charge in [0.05, 0.1) is 23.6 Å². The van der Waals surface area contributed by atoms with Gasteiger partial charge in [-0.2, -0.15) is 0 Å². The molecule has 1 rings (SSSR count). The molecule has 0 aliphatic rings. The minimum absolute atomic E-state index is 0.728. The highest BCUT2D eigenvalue weighted by atomic mass is 32.2. The molecule has 1 aromatic carbocycles. The van der Waals surface area contributed by atoms with Crippen LogP contribution >= 0.6 is 0 Å². The van der Waals surface area contributed by atoms with Crippen LogP contribution in [0.5, 0.6) is 0 Å². The maximum absolute atomic E-state index is 11.9. The predicted octanol–water partition coefficient (Wildman–Crippen LogP) is 0.887. The fraction of sp³-hybridized carbons (Fsp3) is 0.500. The van der Waals surface area contributed by atoms with Crippen molar-refractivity contribution in [3.63, 3.8) is 0 Å². The summed E-state index contributed by atoms with van der Waals surface area (Å²) >= 11 is 0. The molecule has 0 aliphatic carbocycles. The zero-order valence-corrected chi connectivity index (χ0v) is 16.7. The molecule has 9 nitrogen and oxygen atoms in total. The van der Waals surface area contributed by atoms with Gasteiger partial charge < -0.3 is 25.3 Å². The Balaban J connectivity index is 0.000000528. The van der Waals surface area contributed by atoms with Crippen molar-refractivity contribution in [1.82, 2.24) is 4.90 Å². The minimum atomic E-state index is -2.74. The van der Waals surface area contributed by atoms with Crippen LogP contribution in [0.1, 0.15) is 26.7 Å². The Kier molecular flexibility index (Phi) is 11.9. The van der Waals surface area contributed by atoms with E-state index in [9.17, 15) is 18.6 Å². The molecular weight excluding hydrogens is 390 g/mol. The lowest BCUT2D eigenvalue weighted by Crippen LogP contribution is -2.42. The van der Waals surface area contributed by atoms with Crippen LogP contribution in [0.4, 0.5) is 0 Å². The average molecular weight is 417 g/mol. The topological polar surface area (TPSA) is 152 Å². The summed E-state index contributed by atoms with van der Waals surface area (Å²) in [6.45, 7) is 7.24. The molecule has 0 heterocycles. The number of rotatable bonds is 11. The molecule has 0 saturated carbocycles. The number of aliphatic hydroxyl groups is 1. The third kappa shape index (κ3) is 10.1. The lowest BCUT2D eigenvalue weighted by Gasteiger charge is -2.18. The standard InChI is InChI=1S/C12H19NOS.C6H8O7/c1-3-13(4-2)10-11-15(14)12-8-6-5-7-9-12;7-3(8)1-6(13,5(11)12)2-4(9)10/h5-9H,3-4,10-11H2,1-2H3;13H,1-2H2,(H,7,8)(H,9,10)(H,11,12). The monoisotopic (exact) mass is 417 g/mol. The summed E-state index contributed by atoms with van der Waals surface area (Å²) in [6, 6.07) is 9.68. The van der Waals surface area contributed by atoms with Gasteiger partial charge in [0, 0.05) is 17.2 Å². The molecule has 28 heavy (non-hydrogen) atoms. The SMILES string of the molecule is CCN(CC)CCS(=O)c1ccccc1.O=C(O)CC(O)(CC(=O)O)C(=O)O. The summed E-state index contributed by atoms with van der Waals surface area (Å²) in [4.78, 5) is 33.7. The molecule has 4 N–H and O–H groups in total. The van der Waals surface area contributed by atoms with E-state index in [-0.39, 0.29) is 0 Å². The largest absolute Gasteiger partial charge is 0.481 e. The van der Waals surface area contributed by atoms with E-state index in [0.717, 1.165) is 30.3 Å². The van der Waals surface area contributed by atoms with Crippen LogP contribution in [0.15, 0.2) is 35.2 Å². The Morgan fingerprint density at radius 1 is 0.964 bits per heavy atom. The van der Waals surface area contributed by atoms with Gasteiger partial charge in [0.1, 0.15) is 0 Å². The summed E-state index contributed by atoms with van der Waals surface area (Å²) in [6.07, 6.45) is -2.29. The molecule has 0 aliphatic heterocycles. The number of hydrogen-bond donors (Lipinski definition) is 4. The summed E-state index contributed by atoms with van der Waals surface area (Å²) < 4.78 is 11.9. The zero-order valence-electron chi connectivity index (χ0n) is 15.9. The Morgan fingerprint density at radius 2 is 1.43 bits per heavy atom. The van der Waals surface area contributed by atoms with Crippen LogP contribution < -0.4 is 0 Å². The Bertz CT molecular complexity index is 645. The molecule has 0 bridgehead atoms. The van der Waals surface area contributed by atoms with Crippen molar-refractivity contribution >= 4 is 28.7 Å². The number of hydrogen-bond acceptors (Lipinski definition) is 6. The lowest BCUT2D eigenvalue weighted by molar-refractivity contribution is -0.170. The molecule has 10 heteroatoms. The van der Waals surface area contributed by atoms with E-state index in [4.69, 9.17) is 20.4 Å². The van der Waals surface area contributed by atoms with E-state index >= 15 is 0 Å². The normalized spacial score (nSPS) is 12.0. The smallest absolute Gasteiger partial charge is 0.336 e. The van der Waals surface area contributed by atoms with Crippen molar-refractivity contribution in [1.29, 1.82) is 0 Å². The number of carboxylic acid groups (broad SMARTS) is 3. The third-order valence-corrected chi connectivity index (χ3v) is 5.13. The Hall–Kier alpha value is -2.30. The van der Waals surface area contributed by atoms with Gasteiger partial charge in [-0.15, -0.1) is 0 Å². The van der Waals surface area contributed by atoms with E-state index in [1.807, 2.05) is 30.3 Å². The molecule has 0 spiro atoms. The fourth-order valence-electron chi connectivity index (χ4n) is 2.16. The Morgan fingerprint density at radius 3 is 1.79 bits per heavy atom. The fourth-order valence-corrected chi connectivity index (χ4v) is 3.28. The van der Waals surface area contributed by atoms with Crippen molar-refractivity contribution in [2.24, 2.45) is 0 Å². The second kappa shape index (κ2) is 13.0. The second-order valence-electron chi connectivity index (χ2n) is 5.87. The molecule has 0 fully saturated rings. The zero-order chi connectivity index (χ0) is 21.7. The Labute approximate surface area is 166 Å². The molecule has 158 valence electrons. The van der Waals surface area contributed by atoms with Crippen LogP contribution in [0, 0.1) is 0 Å². The second-order valence-corrected chi connectivity index (χ2v) is 7.44. The first-order chi connectivity index (χ1) is 13.1. The first-order valence-electron chi connectivity index (χ1n) is 8.60. The van der Waals surface area contributed by atoms with E-state index in [1.165, 1.54) is 0 Å². The van der Waals surface area contributed by atoms with Gasteiger partial charge in [-0.05, 0) is 25.2 Å². The molecule has 0 amide bonds. The third-order valence-electron chi connectivity index (χ3n) is 3.78. The summed E-state index contributed by atoms with van der Waals surface area (Å²) in [5, 5.41) is 33.8. The van der Waals surface area contributed by atoms with Crippen molar-refractivity contribution < 1.29 is 39.0 Å². The first kappa shape index (κ1) is 25.7. The molecule has 1 unspecified atom stereocenters. The molecule has 1 aromatic rings. The molecule has 0 aromatic heterocycles.